The first-order chi connectivity index (χ1) is 15.5. The van der Waals surface area contributed by atoms with Crippen molar-refractivity contribution in [2.24, 2.45) is 0 Å². The Kier molecular flexibility index (Phi) is 7.47. The number of rotatable bonds is 3. The van der Waals surface area contributed by atoms with Gasteiger partial charge in [0.25, 0.3) is 0 Å². The van der Waals surface area contributed by atoms with Crippen LogP contribution in [0.25, 0.3) is 0 Å². The second kappa shape index (κ2) is 9.95. The average Bonchev–Trinajstić information content (AvgIpc) is 3.15. The fourth-order valence-corrected chi connectivity index (χ4v) is 4.18. The van der Waals surface area contributed by atoms with Crippen molar-refractivity contribution in [3.63, 3.8) is 0 Å². The molecule has 0 fully saturated rings. The van der Waals surface area contributed by atoms with Gasteiger partial charge in [-0.1, -0.05) is 108 Å². The van der Waals surface area contributed by atoms with E-state index in [1.807, 2.05) is 18.2 Å². The van der Waals surface area contributed by atoms with Gasteiger partial charge < -0.3 is 10.1 Å². The Morgan fingerprint density at radius 3 is 1.76 bits per heavy atom. The fourth-order valence-electron chi connectivity index (χ4n) is 4.18. The molecule has 0 saturated carbocycles. The summed E-state index contributed by atoms with van der Waals surface area (Å²) in [5, 5.41) is 7.98. The molecule has 1 aliphatic carbocycles. The molecule has 0 bridgehead atoms. The van der Waals surface area contributed by atoms with E-state index in [0.29, 0.717) is 0 Å². The van der Waals surface area contributed by atoms with Crippen molar-refractivity contribution in [1.29, 1.82) is 5.41 Å². The third-order valence-corrected chi connectivity index (χ3v) is 6.19. The molecule has 0 unspecified atom stereocenters. The van der Waals surface area contributed by atoms with E-state index in [4.69, 9.17) is 10.1 Å². The summed E-state index contributed by atoms with van der Waals surface area (Å²) < 4.78 is 6.55. The van der Waals surface area contributed by atoms with E-state index in [2.05, 4.69) is 97.0 Å². The van der Waals surface area contributed by atoms with Crippen LogP contribution in [-0.2, 0) is 23.7 Å². The lowest BCUT2D eigenvalue weighted by Crippen LogP contribution is -2.23. The second-order valence-corrected chi connectivity index (χ2v) is 11.2. The first-order valence-electron chi connectivity index (χ1n) is 11.9. The minimum Gasteiger partial charge on any atom is -0.489 e. The quantitative estimate of drug-likeness (QED) is 0.413. The summed E-state index contributed by atoms with van der Waals surface area (Å²) >= 11 is 0. The lowest BCUT2D eigenvalue weighted by atomic mass is 9.79. The minimum atomic E-state index is -0.0419. The van der Waals surface area contributed by atoms with Crippen molar-refractivity contribution in [1.82, 2.24) is 0 Å². The van der Waals surface area contributed by atoms with E-state index in [9.17, 15) is 0 Å². The highest BCUT2D eigenvalue weighted by Gasteiger charge is 2.29. The zero-order valence-electron chi connectivity index (χ0n) is 21.3. The van der Waals surface area contributed by atoms with E-state index in [-0.39, 0.29) is 16.9 Å². The first-order valence-corrected chi connectivity index (χ1v) is 11.9. The predicted molar refractivity (Wildman–Crippen MR) is 141 cm³/mol. The van der Waals surface area contributed by atoms with Crippen molar-refractivity contribution in [2.45, 2.75) is 78.2 Å². The molecule has 0 radical (unpaired) electrons. The van der Waals surface area contributed by atoms with Gasteiger partial charge in [0.05, 0.1) is 0 Å². The third kappa shape index (κ3) is 6.35. The molecule has 0 aromatic heterocycles. The first kappa shape index (κ1) is 24.8. The third-order valence-electron chi connectivity index (χ3n) is 6.19. The van der Waals surface area contributed by atoms with Gasteiger partial charge in [0.2, 0.25) is 0 Å². The van der Waals surface area contributed by atoms with Gasteiger partial charge in [-0.05, 0) is 40.5 Å². The molecule has 0 saturated heterocycles. The summed E-state index contributed by atoms with van der Waals surface area (Å²) in [6.45, 7) is 15.4. The van der Waals surface area contributed by atoms with Gasteiger partial charge in [0.1, 0.15) is 11.9 Å². The minimum absolute atomic E-state index is 0.0416. The monoisotopic (exact) mass is 441 g/mol. The summed E-state index contributed by atoms with van der Waals surface area (Å²) in [6.07, 6.45) is 3.48. The maximum absolute atomic E-state index is 7.98. The normalized spacial score (nSPS) is 13.7. The molecule has 2 nitrogen and oxygen atoms in total. The predicted octanol–water partition coefficient (Wildman–Crippen LogP) is 7.82. The average molecular weight is 442 g/mol. The molecule has 4 rings (SSSR count). The molecular formula is C31H39NO. The topological polar surface area (TPSA) is 33.1 Å². The van der Waals surface area contributed by atoms with E-state index < -0.39 is 0 Å². The van der Waals surface area contributed by atoms with Gasteiger partial charge in [-0.3, -0.25) is 0 Å². The molecule has 1 N–H and O–H groups in total. The molecular weight excluding hydrogens is 402 g/mol. The second-order valence-electron chi connectivity index (χ2n) is 11.2. The van der Waals surface area contributed by atoms with Crippen LogP contribution in [0.1, 0.15) is 74.9 Å². The van der Waals surface area contributed by atoms with Crippen LogP contribution < -0.4 is 4.74 Å². The maximum Gasteiger partial charge on any atom is 0.132 e. The van der Waals surface area contributed by atoms with Crippen LogP contribution in [-0.4, -0.2) is 12.3 Å². The molecule has 33 heavy (non-hydrogen) atoms. The van der Waals surface area contributed by atoms with Crippen molar-refractivity contribution >= 4 is 6.21 Å². The molecule has 0 heterocycles. The number of ether oxygens (including phenoxy) is 1. The lowest BCUT2D eigenvalue weighted by molar-refractivity contribution is 0.208. The molecule has 0 atom stereocenters. The molecule has 1 aliphatic rings. The van der Waals surface area contributed by atoms with E-state index >= 15 is 0 Å². The van der Waals surface area contributed by atoms with Crippen LogP contribution in [0, 0.1) is 12.3 Å². The largest absolute Gasteiger partial charge is 0.489 e. The Morgan fingerprint density at radius 2 is 1.33 bits per heavy atom. The Bertz CT molecular complexity index is 1060. The zero-order valence-corrected chi connectivity index (χ0v) is 21.3. The molecule has 0 amide bonds. The van der Waals surface area contributed by atoms with Crippen LogP contribution in [0.2, 0.25) is 0 Å². The van der Waals surface area contributed by atoms with Gasteiger partial charge in [-0.2, -0.15) is 0 Å². The van der Waals surface area contributed by atoms with Gasteiger partial charge in [-0.15, -0.1) is 0 Å². The number of aryl methyl sites for hydroxylation is 1. The number of nitrogens with one attached hydrogen (secondary N) is 1. The standard InChI is InChI=1S/C24H31NO.C7H8/c1-23(2,3)19-11-18(15-25)22(21(14-19)24(4,5)6)26-20-12-16-9-7-8-10-17(16)13-20;1-7-5-3-2-4-6-7/h7-11,14-15,20,25H,12-13H2,1-6H3;2-6H,1H3. The SMILES string of the molecule is CC(C)(C)c1cc(C=N)c(OC2Cc3ccccc3C2)c(C(C)(C)C)c1.Cc1ccccc1. The summed E-state index contributed by atoms with van der Waals surface area (Å²) in [5.74, 6) is 0.887. The van der Waals surface area contributed by atoms with E-state index in [1.54, 1.807) is 0 Å². The van der Waals surface area contributed by atoms with Crippen molar-refractivity contribution in [3.8, 4) is 5.75 Å². The smallest absolute Gasteiger partial charge is 0.132 e. The van der Waals surface area contributed by atoms with Crippen LogP contribution in [0.15, 0.2) is 66.7 Å². The molecule has 0 spiro atoms. The van der Waals surface area contributed by atoms with Crippen LogP contribution in [0.3, 0.4) is 0 Å². The van der Waals surface area contributed by atoms with Gasteiger partial charge >= 0.3 is 0 Å². The van der Waals surface area contributed by atoms with Gasteiger partial charge in [0.15, 0.2) is 0 Å². The van der Waals surface area contributed by atoms with Gasteiger partial charge in [0, 0.05) is 30.2 Å². The molecule has 3 aromatic rings. The van der Waals surface area contributed by atoms with Crippen LogP contribution in [0.5, 0.6) is 5.75 Å². The summed E-state index contributed by atoms with van der Waals surface area (Å²) in [6, 6.07) is 23.3. The van der Waals surface area contributed by atoms with Crippen LogP contribution in [0.4, 0.5) is 0 Å². The van der Waals surface area contributed by atoms with Crippen molar-refractivity contribution < 1.29 is 4.74 Å². The highest BCUT2D eigenvalue weighted by molar-refractivity contribution is 5.83. The van der Waals surface area contributed by atoms with E-state index in [0.717, 1.165) is 24.2 Å². The van der Waals surface area contributed by atoms with Crippen LogP contribution >= 0.6 is 0 Å². The van der Waals surface area contributed by atoms with Crippen molar-refractivity contribution in [2.75, 3.05) is 0 Å². The Morgan fingerprint density at radius 1 is 0.788 bits per heavy atom. The fraction of sp³-hybridized carbons (Fsp3) is 0.387. The lowest BCUT2D eigenvalue weighted by Gasteiger charge is -2.30. The Hall–Kier alpha value is -2.87. The molecule has 3 aromatic carbocycles. The summed E-state index contributed by atoms with van der Waals surface area (Å²) in [4.78, 5) is 0. The number of benzene rings is 3. The highest BCUT2D eigenvalue weighted by atomic mass is 16.5. The summed E-state index contributed by atoms with van der Waals surface area (Å²) in [5.41, 5.74) is 7.43. The van der Waals surface area contributed by atoms with Crippen molar-refractivity contribution in [3.05, 3.63) is 100 Å². The number of fused-ring (bicyclic) bond motifs is 1. The maximum atomic E-state index is 7.98. The number of hydrogen-bond acceptors (Lipinski definition) is 2. The zero-order chi connectivity index (χ0) is 24.2. The Balaban J connectivity index is 0.000000374. The highest BCUT2D eigenvalue weighted by Crippen LogP contribution is 2.39. The molecule has 0 aliphatic heterocycles. The Labute approximate surface area is 200 Å². The number of hydrogen-bond donors (Lipinski definition) is 1. The van der Waals surface area contributed by atoms with E-state index in [1.165, 1.54) is 34.0 Å². The summed E-state index contributed by atoms with van der Waals surface area (Å²) in [7, 11) is 0. The van der Waals surface area contributed by atoms with Gasteiger partial charge in [-0.25, -0.2) is 0 Å². The molecule has 174 valence electrons. The molecule has 2 heteroatoms.